The van der Waals surface area contributed by atoms with Gasteiger partial charge >= 0.3 is 0 Å². The van der Waals surface area contributed by atoms with Crippen molar-refractivity contribution in [2.24, 2.45) is 29.6 Å². The van der Waals surface area contributed by atoms with Crippen LogP contribution in [0, 0.1) is 29.6 Å². The number of anilines is 2. The molecule has 0 saturated heterocycles. The molecule has 0 amide bonds. The average Bonchev–Trinajstić information content (AvgIpc) is 2.42. The highest BCUT2D eigenvalue weighted by atomic mass is 15.1. The van der Waals surface area contributed by atoms with Crippen molar-refractivity contribution in [1.29, 1.82) is 0 Å². The molecule has 0 aromatic heterocycles. The van der Waals surface area contributed by atoms with Crippen molar-refractivity contribution in [1.82, 2.24) is 0 Å². The van der Waals surface area contributed by atoms with Crippen LogP contribution in [-0.4, -0.2) is 13.6 Å². The Morgan fingerprint density at radius 3 is 2.05 bits per heavy atom. The van der Waals surface area contributed by atoms with E-state index in [9.17, 15) is 0 Å². The Kier molecular flexibility index (Phi) is 2.94. The van der Waals surface area contributed by atoms with Crippen LogP contribution >= 0.6 is 0 Å². The molecule has 4 bridgehead atoms. The van der Waals surface area contributed by atoms with Gasteiger partial charge in [-0.1, -0.05) is 0 Å². The van der Waals surface area contributed by atoms with E-state index in [1.807, 2.05) is 12.1 Å². The van der Waals surface area contributed by atoms with Gasteiger partial charge in [-0.05, 0) is 86.0 Å². The number of nitrogen functional groups attached to an aromatic ring is 1. The van der Waals surface area contributed by atoms with Crippen LogP contribution < -0.4 is 10.6 Å². The van der Waals surface area contributed by atoms with Gasteiger partial charge in [-0.3, -0.25) is 0 Å². The van der Waals surface area contributed by atoms with E-state index in [0.717, 1.165) is 35.3 Å². The molecular formula is C18H26N2. The summed E-state index contributed by atoms with van der Waals surface area (Å²) in [5, 5.41) is 0. The molecule has 0 spiro atoms. The number of benzene rings is 1. The van der Waals surface area contributed by atoms with Gasteiger partial charge in [0.2, 0.25) is 0 Å². The summed E-state index contributed by atoms with van der Waals surface area (Å²) in [5.41, 5.74) is 7.96. The Labute approximate surface area is 122 Å². The van der Waals surface area contributed by atoms with Crippen LogP contribution in [0.4, 0.5) is 11.4 Å². The highest BCUT2D eigenvalue weighted by Crippen LogP contribution is 2.56. The summed E-state index contributed by atoms with van der Waals surface area (Å²) in [6, 6.07) is 8.35. The summed E-state index contributed by atoms with van der Waals surface area (Å²) >= 11 is 0. The Bertz CT molecular complexity index is 451. The van der Waals surface area contributed by atoms with E-state index in [1.54, 1.807) is 6.42 Å². The van der Waals surface area contributed by atoms with E-state index in [-0.39, 0.29) is 0 Å². The highest BCUT2D eigenvalue weighted by molar-refractivity contribution is 5.52. The molecule has 2 heteroatoms. The monoisotopic (exact) mass is 270 g/mol. The maximum atomic E-state index is 5.79. The van der Waals surface area contributed by atoms with E-state index < -0.39 is 0 Å². The van der Waals surface area contributed by atoms with Gasteiger partial charge in [0.25, 0.3) is 0 Å². The largest absolute Gasteiger partial charge is 0.399 e. The predicted octanol–water partition coefficient (Wildman–Crippen LogP) is 3.78. The van der Waals surface area contributed by atoms with Crippen LogP contribution in [0.1, 0.15) is 32.1 Å². The van der Waals surface area contributed by atoms with E-state index >= 15 is 0 Å². The van der Waals surface area contributed by atoms with Gasteiger partial charge in [0.1, 0.15) is 0 Å². The van der Waals surface area contributed by atoms with Crippen LogP contribution in [0.25, 0.3) is 0 Å². The molecule has 0 unspecified atom stereocenters. The molecule has 4 aliphatic carbocycles. The second kappa shape index (κ2) is 4.68. The molecule has 4 fully saturated rings. The number of rotatable bonds is 3. The van der Waals surface area contributed by atoms with Crippen LogP contribution in [0.15, 0.2) is 24.3 Å². The number of nitrogens with zero attached hydrogens (tertiary/aromatic N) is 1. The zero-order valence-electron chi connectivity index (χ0n) is 12.5. The molecule has 0 radical (unpaired) electrons. The van der Waals surface area contributed by atoms with Crippen molar-refractivity contribution in [3.05, 3.63) is 24.3 Å². The number of nitrogens with two attached hydrogens (primary N) is 1. The Balaban J connectivity index is 1.47. The minimum atomic E-state index is 0.858. The van der Waals surface area contributed by atoms with Crippen molar-refractivity contribution in [3.63, 3.8) is 0 Å². The molecule has 108 valence electrons. The Morgan fingerprint density at radius 2 is 1.50 bits per heavy atom. The molecule has 0 atom stereocenters. The topological polar surface area (TPSA) is 29.3 Å². The summed E-state index contributed by atoms with van der Waals surface area (Å²) in [6.45, 7) is 1.23. The summed E-state index contributed by atoms with van der Waals surface area (Å²) in [4.78, 5) is 2.45. The van der Waals surface area contributed by atoms with Crippen molar-refractivity contribution in [3.8, 4) is 0 Å². The maximum Gasteiger partial charge on any atom is 0.0365 e. The fraction of sp³-hybridized carbons (Fsp3) is 0.667. The summed E-state index contributed by atoms with van der Waals surface area (Å²) in [7, 11) is 2.25. The summed E-state index contributed by atoms with van der Waals surface area (Å²) < 4.78 is 0. The van der Waals surface area contributed by atoms with E-state index in [2.05, 4.69) is 24.1 Å². The molecule has 1 aromatic carbocycles. The minimum absolute atomic E-state index is 0.858. The molecule has 4 saturated carbocycles. The third-order valence-corrected chi connectivity index (χ3v) is 6.24. The molecule has 2 nitrogen and oxygen atoms in total. The highest BCUT2D eigenvalue weighted by Gasteiger charge is 2.48. The fourth-order valence-corrected chi connectivity index (χ4v) is 5.49. The SMILES string of the molecule is CN(CC1C2CC3CC(C2)CC1C3)c1ccc(N)cc1. The first-order valence-corrected chi connectivity index (χ1v) is 8.25. The third kappa shape index (κ3) is 2.10. The average molecular weight is 270 g/mol. The zero-order chi connectivity index (χ0) is 13.7. The predicted molar refractivity (Wildman–Crippen MR) is 84.7 cm³/mol. The first kappa shape index (κ1) is 12.6. The lowest BCUT2D eigenvalue weighted by molar-refractivity contribution is -0.0325. The van der Waals surface area contributed by atoms with Crippen molar-refractivity contribution in [2.45, 2.75) is 32.1 Å². The molecule has 4 aliphatic rings. The first-order valence-electron chi connectivity index (χ1n) is 8.25. The molecule has 5 rings (SSSR count). The van der Waals surface area contributed by atoms with Gasteiger partial charge in [0.05, 0.1) is 0 Å². The summed E-state index contributed by atoms with van der Waals surface area (Å²) in [5.74, 6) is 5.13. The number of hydrogen-bond acceptors (Lipinski definition) is 2. The molecule has 2 N–H and O–H groups in total. The van der Waals surface area contributed by atoms with Crippen molar-refractivity contribution >= 4 is 11.4 Å². The second-order valence-corrected chi connectivity index (χ2v) is 7.57. The molecule has 0 aliphatic heterocycles. The first-order chi connectivity index (χ1) is 9.69. The quantitative estimate of drug-likeness (QED) is 0.847. The van der Waals surface area contributed by atoms with Gasteiger partial charge in [-0.25, -0.2) is 0 Å². The van der Waals surface area contributed by atoms with Crippen molar-refractivity contribution < 1.29 is 0 Å². The lowest BCUT2D eigenvalue weighted by Crippen LogP contribution is -2.48. The van der Waals surface area contributed by atoms with Gasteiger partial charge in [-0.2, -0.15) is 0 Å². The molecular weight excluding hydrogens is 244 g/mol. The third-order valence-electron chi connectivity index (χ3n) is 6.24. The fourth-order valence-electron chi connectivity index (χ4n) is 5.49. The van der Waals surface area contributed by atoms with Gasteiger partial charge in [0.15, 0.2) is 0 Å². The van der Waals surface area contributed by atoms with Crippen LogP contribution in [-0.2, 0) is 0 Å². The maximum absolute atomic E-state index is 5.79. The van der Waals surface area contributed by atoms with Crippen LogP contribution in [0.5, 0.6) is 0 Å². The van der Waals surface area contributed by atoms with Crippen LogP contribution in [0.2, 0.25) is 0 Å². The normalized spacial score (nSPS) is 38.1. The van der Waals surface area contributed by atoms with E-state index in [4.69, 9.17) is 5.73 Å². The van der Waals surface area contributed by atoms with E-state index in [1.165, 1.54) is 37.9 Å². The molecule has 1 aromatic rings. The lowest BCUT2D eigenvalue weighted by atomic mass is 9.52. The minimum Gasteiger partial charge on any atom is -0.399 e. The van der Waals surface area contributed by atoms with Crippen LogP contribution in [0.3, 0.4) is 0 Å². The molecule has 20 heavy (non-hydrogen) atoms. The number of hydrogen-bond donors (Lipinski definition) is 1. The lowest BCUT2D eigenvalue weighted by Gasteiger charge is -2.55. The Hall–Kier alpha value is -1.18. The van der Waals surface area contributed by atoms with E-state index in [0.29, 0.717) is 0 Å². The second-order valence-electron chi connectivity index (χ2n) is 7.57. The van der Waals surface area contributed by atoms with Gasteiger partial charge in [-0.15, -0.1) is 0 Å². The summed E-state index contributed by atoms with van der Waals surface area (Å²) in [6.07, 6.45) is 7.63. The standard InChI is InChI=1S/C18H26N2/c1-20(17-4-2-16(19)3-5-17)11-18-14-7-12-6-13(9-14)10-15(18)8-12/h2-5,12-15,18H,6-11,19H2,1H3. The van der Waals surface area contributed by atoms with Gasteiger partial charge < -0.3 is 10.6 Å². The molecule has 0 heterocycles. The van der Waals surface area contributed by atoms with Crippen molar-refractivity contribution in [2.75, 3.05) is 24.2 Å². The smallest absolute Gasteiger partial charge is 0.0365 e. The van der Waals surface area contributed by atoms with Gasteiger partial charge in [0, 0.05) is 25.0 Å². The zero-order valence-corrected chi connectivity index (χ0v) is 12.5. The Morgan fingerprint density at radius 1 is 0.950 bits per heavy atom.